The Labute approximate surface area is 238 Å². The Morgan fingerprint density at radius 1 is 0.892 bits per heavy atom. The van der Waals surface area contributed by atoms with Crippen molar-refractivity contribution in [3.8, 4) is 0 Å². The maximum Gasteiger partial charge on any atom is 0.243 e. The summed E-state index contributed by atoms with van der Waals surface area (Å²) in [7, 11) is 0. The predicted molar refractivity (Wildman–Crippen MR) is 156 cm³/mol. The Morgan fingerprint density at radius 3 is 2.27 bits per heavy atom. The summed E-state index contributed by atoms with van der Waals surface area (Å²) in [5.41, 5.74) is 2.74. The van der Waals surface area contributed by atoms with Crippen LogP contribution in [-0.4, -0.2) is 34.6 Å². The highest BCUT2D eigenvalue weighted by molar-refractivity contribution is 7.99. The summed E-state index contributed by atoms with van der Waals surface area (Å²) in [5.74, 6) is 0.481. The highest BCUT2D eigenvalue weighted by Gasteiger charge is 2.31. The highest BCUT2D eigenvalue weighted by Crippen LogP contribution is 2.26. The Balaban J connectivity index is 1.89. The molecule has 0 spiro atoms. The summed E-state index contributed by atoms with van der Waals surface area (Å²) in [6.07, 6.45) is 1.18. The number of thioether (sulfide) groups is 1. The quantitative estimate of drug-likeness (QED) is 0.243. The molecule has 0 radical (unpaired) electrons. The van der Waals surface area contributed by atoms with Crippen molar-refractivity contribution < 1.29 is 9.59 Å². The molecule has 8 heteroatoms. The van der Waals surface area contributed by atoms with Crippen LogP contribution in [0.15, 0.2) is 72.8 Å². The molecular weight excluding hydrogens is 547 g/mol. The largest absolute Gasteiger partial charge is 0.352 e. The number of hydrogen-bond donors (Lipinski definition) is 1. The van der Waals surface area contributed by atoms with E-state index in [0.717, 1.165) is 23.1 Å². The summed E-state index contributed by atoms with van der Waals surface area (Å²) >= 11 is 20.2. The van der Waals surface area contributed by atoms with Crippen molar-refractivity contribution in [2.45, 2.75) is 51.1 Å². The lowest BCUT2D eigenvalue weighted by Crippen LogP contribution is -2.52. The van der Waals surface area contributed by atoms with Crippen molar-refractivity contribution in [2.24, 2.45) is 0 Å². The molecule has 0 aliphatic rings. The topological polar surface area (TPSA) is 49.4 Å². The number of amides is 2. The zero-order chi connectivity index (χ0) is 26.8. The molecule has 0 fully saturated rings. The second-order valence-electron chi connectivity index (χ2n) is 8.88. The fourth-order valence-electron chi connectivity index (χ4n) is 3.78. The van der Waals surface area contributed by atoms with Crippen LogP contribution in [-0.2, 0) is 28.3 Å². The van der Waals surface area contributed by atoms with Crippen LogP contribution in [0, 0.1) is 0 Å². The Hall–Kier alpha value is -2.18. The van der Waals surface area contributed by atoms with Crippen molar-refractivity contribution in [2.75, 3.05) is 5.75 Å². The minimum absolute atomic E-state index is 0.0118. The number of rotatable bonds is 12. The SMILES string of the molecule is CC[C@H](C)NC(=O)[C@H](Cc1ccccc1)N(Cc1ccc(Cl)c(Cl)c1)C(=O)CSCc1ccccc1Cl. The molecule has 1 N–H and O–H groups in total. The van der Waals surface area contributed by atoms with Crippen LogP contribution in [0.1, 0.15) is 37.0 Å². The lowest BCUT2D eigenvalue weighted by Gasteiger charge is -2.32. The molecule has 37 heavy (non-hydrogen) atoms. The lowest BCUT2D eigenvalue weighted by molar-refractivity contribution is -0.139. The number of carbonyl (C=O) groups excluding carboxylic acids is 2. The molecular formula is C29H31Cl3N2O2S. The molecule has 0 aromatic heterocycles. The molecule has 0 heterocycles. The number of benzene rings is 3. The second kappa shape index (κ2) is 14.7. The third-order valence-corrected chi connectivity index (χ3v) is 8.12. The van der Waals surface area contributed by atoms with E-state index >= 15 is 0 Å². The summed E-state index contributed by atoms with van der Waals surface area (Å²) < 4.78 is 0. The van der Waals surface area contributed by atoms with E-state index in [-0.39, 0.29) is 30.2 Å². The zero-order valence-electron chi connectivity index (χ0n) is 20.9. The van der Waals surface area contributed by atoms with Crippen LogP contribution in [0.5, 0.6) is 0 Å². The normalized spacial score (nSPS) is 12.6. The van der Waals surface area contributed by atoms with Crippen molar-refractivity contribution in [1.29, 1.82) is 0 Å². The smallest absolute Gasteiger partial charge is 0.243 e. The first-order valence-corrected chi connectivity index (χ1v) is 14.5. The van der Waals surface area contributed by atoms with Crippen LogP contribution in [0.25, 0.3) is 0 Å². The second-order valence-corrected chi connectivity index (χ2v) is 11.1. The molecule has 0 unspecified atom stereocenters. The van der Waals surface area contributed by atoms with Crippen molar-refractivity contribution in [3.05, 3.63) is 105 Å². The molecule has 4 nitrogen and oxygen atoms in total. The summed E-state index contributed by atoms with van der Waals surface area (Å²) in [4.78, 5) is 28.9. The van der Waals surface area contributed by atoms with Gasteiger partial charge in [0.2, 0.25) is 11.8 Å². The van der Waals surface area contributed by atoms with E-state index in [1.807, 2.05) is 74.5 Å². The van der Waals surface area contributed by atoms with Gasteiger partial charge in [-0.3, -0.25) is 9.59 Å². The van der Waals surface area contributed by atoms with Gasteiger partial charge in [-0.2, -0.15) is 0 Å². The van der Waals surface area contributed by atoms with Crippen molar-refractivity contribution in [1.82, 2.24) is 10.2 Å². The number of nitrogens with one attached hydrogen (secondary N) is 1. The fraction of sp³-hybridized carbons (Fsp3) is 0.310. The Morgan fingerprint density at radius 2 is 1.59 bits per heavy atom. The first kappa shape index (κ1) is 29.4. The Kier molecular flexibility index (Phi) is 11.7. The average molecular weight is 578 g/mol. The molecule has 196 valence electrons. The van der Waals surface area contributed by atoms with E-state index in [4.69, 9.17) is 34.8 Å². The molecule has 0 aliphatic heterocycles. The monoisotopic (exact) mass is 576 g/mol. The van der Waals surface area contributed by atoms with Gasteiger partial charge in [0.05, 0.1) is 15.8 Å². The summed E-state index contributed by atoms with van der Waals surface area (Å²) in [5, 5.41) is 4.59. The molecule has 2 amide bonds. The van der Waals surface area contributed by atoms with E-state index in [2.05, 4.69) is 5.32 Å². The van der Waals surface area contributed by atoms with Crippen molar-refractivity contribution >= 4 is 58.4 Å². The third-order valence-electron chi connectivity index (χ3n) is 6.05. The lowest BCUT2D eigenvalue weighted by atomic mass is 10.0. The minimum Gasteiger partial charge on any atom is -0.352 e. The van der Waals surface area contributed by atoms with E-state index in [0.29, 0.717) is 27.2 Å². The zero-order valence-corrected chi connectivity index (χ0v) is 24.0. The maximum atomic E-state index is 13.7. The van der Waals surface area contributed by atoms with Gasteiger partial charge in [0, 0.05) is 29.8 Å². The van der Waals surface area contributed by atoms with Crippen LogP contribution < -0.4 is 5.32 Å². The molecule has 0 bridgehead atoms. The highest BCUT2D eigenvalue weighted by atomic mass is 35.5. The van der Waals surface area contributed by atoms with E-state index < -0.39 is 6.04 Å². The molecule has 0 saturated heterocycles. The fourth-order valence-corrected chi connectivity index (χ4v) is 5.29. The van der Waals surface area contributed by atoms with Crippen LogP contribution >= 0.6 is 46.6 Å². The number of hydrogen-bond acceptors (Lipinski definition) is 3. The van der Waals surface area contributed by atoms with Gasteiger partial charge in [0.1, 0.15) is 6.04 Å². The molecule has 0 saturated carbocycles. The molecule has 3 rings (SSSR count). The molecule has 3 aromatic rings. The summed E-state index contributed by atoms with van der Waals surface area (Å²) in [6, 6.07) is 21.9. The molecule has 0 aliphatic carbocycles. The van der Waals surface area contributed by atoms with Gasteiger partial charge in [-0.05, 0) is 48.2 Å². The molecule has 2 atom stereocenters. The van der Waals surface area contributed by atoms with Crippen LogP contribution in [0.2, 0.25) is 15.1 Å². The van der Waals surface area contributed by atoms with Gasteiger partial charge in [-0.15, -0.1) is 11.8 Å². The van der Waals surface area contributed by atoms with Crippen LogP contribution in [0.4, 0.5) is 0 Å². The predicted octanol–water partition coefficient (Wildman–Crippen LogP) is 7.43. The maximum absolute atomic E-state index is 13.7. The van der Waals surface area contributed by atoms with Gasteiger partial charge >= 0.3 is 0 Å². The number of halogens is 3. The molecule has 3 aromatic carbocycles. The van der Waals surface area contributed by atoms with Gasteiger partial charge < -0.3 is 10.2 Å². The first-order chi connectivity index (χ1) is 17.8. The van der Waals surface area contributed by atoms with E-state index in [9.17, 15) is 9.59 Å². The van der Waals surface area contributed by atoms with Crippen molar-refractivity contribution in [3.63, 3.8) is 0 Å². The van der Waals surface area contributed by atoms with Crippen LogP contribution in [0.3, 0.4) is 0 Å². The summed E-state index contributed by atoms with van der Waals surface area (Å²) in [6.45, 7) is 4.21. The average Bonchev–Trinajstić information content (AvgIpc) is 2.89. The minimum atomic E-state index is -0.695. The standard InChI is InChI=1S/C29H31Cl3N2O2S/c1-3-20(2)33-29(36)27(16-21-9-5-4-6-10-21)34(17-22-13-14-25(31)26(32)15-22)28(35)19-37-18-23-11-7-8-12-24(23)30/h4-15,20,27H,3,16-19H2,1-2H3,(H,33,36)/t20-,27-/m0/s1. The van der Waals surface area contributed by atoms with Gasteiger partial charge in [0.25, 0.3) is 0 Å². The third kappa shape index (κ3) is 8.96. The number of nitrogens with zero attached hydrogens (tertiary/aromatic N) is 1. The number of carbonyl (C=O) groups is 2. The van der Waals surface area contributed by atoms with E-state index in [1.165, 1.54) is 11.8 Å². The van der Waals surface area contributed by atoms with Gasteiger partial charge in [-0.25, -0.2) is 0 Å². The van der Waals surface area contributed by atoms with Gasteiger partial charge in [-0.1, -0.05) is 96.3 Å². The Bertz CT molecular complexity index is 1190. The van der Waals surface area contributed by atoms with E-state index in [1.54, 1.807) is 17.0 Å². The first-order valence-electron chi connectivity index (χ1n) is 12.2. The van der Waals surface area contributed by atoms with Gasteiger partial charge in [0.15, 0.2) is 0 Å².